The molecule has 3 rings (SSSR count). The fraction of sp³-hybridized carbons (Fsp3) is 0.429. The standard InChI is InChI=1S/C14H17FN4O/c1-19-8-12(17-18-19)9-20-14-10(3-2-4-13(14)15)7-16-11-5-6-11/h2-4,8,11,16H,5-7,9H2,1H3. The van der Waals surface area contributed by atoms with Crippen molar-refractivity contribution >= 4 is 0 Å². The van der Waals surface area contributed by atoms with Gasteiger partial charge in [0.05, 0.1) is 6.20 Å². The first-order chi connectivity index (χ1) is 9.72. The summed E-state index contributed by atoms with van der Waals surface area (Å²) in [5.41, 5.74) is 1.51. The Morgan fingerprint density at radius 3 is 3.00 bits per heavy atom. The van der Waals surface area contributed by atoms with Crippen LogP contribution in [0.25, 0.3) is 0 Å². The number of nitrogens with one attached hydrogen (secondary N) is 1. The van der Waals surface area contributed by atoms with Crippen LogP contribution >= 0.6 is 0 Å². The van der Waals surface area contributed by atoms with Crippen LogP contribution in [0.2, 0.25) is 0 Å². The van der Waals surface area contributed by atoms with Crippen molar-refractivity contribution in [3.8, 4) is 5.75 Å². The third kappa shape index (κ3) is 3.14. The van der Waals surface area contributed by atoms with E-state index in [1.54, 1.807) is 24.0 Å². The maximum Gasteiger partial charge on any atom is 0.165 e. The SMILES string of the molecule is Cn1cc(COc2c(F)cccc2CNC2CC2)nn1. The average Bonchev–Trinajstić information content (AvgIpc) is 3.17. The van der Waals surface area contributed by atoms with E-state index in [1.807, 2.05) is 6.07 Å². The summed E-state index contributed by atoms with van der Waals surface area (Å²) >= 11 is 0. The van der Waals surface area contributed by atoms with Crippen LogP contribution in [-0.2, 0) is 20.2 Å². The van der Waals surface area contributed by atoms with Crippen LogP contribution in [0.5, 0.6) is 5.75 Å². The summed E-state index contributed by atoms with van der Waals surface area (Å²) in [6, 6.07) is 5.57. The van der Waals surface area contributed by atoms with Crippen LogP contribution in [0.4, 0.5) is 4.39 Å². The third-order valence-corrected chi connectivity index (χ3v) is 3.22. The highest BCUT2D eigenvalue weighted by Gasteiger charge is 2.21. The van der Waals surface area contributed by atoms with Gasteiger partial charge in [0.15, 0.2) is 11.6 Å². The van der Waals surface area contributed by atoms with Gasteiger partial charge in [-0.1, -0.05) is 17.3 Å². The summed E-state index contributed by atoms with van der Waals surface area (Å²) < 4.78 is 21.1. The van der Waals surface area contributed by atoms with Crippen LogP contribution in [0, 0.1) is 5.82 Å². The van der Waals surface area contributed by atoms with E-state index in [0.717, 1.165) is 5.56 Å². The largest absolute Gasteiger partial charge is 0.484 e. The Kier molecular flexibility index (Phi) is 3.64. The van der Waals surface area contributed by atoms with E-state index in [1.165, 1.54) is 18.9 Å². The van der Waals surface area contributed by atoms with Crippen LogP contribution in [0.1, 0.15) is 24.1 Å². The Morgan fingerprint density at radius 2 is 2.30 bits per heavy atom. The Balaban J connectivity index is 1.69. The molecule has 106 valence electrons. The number of hydrogen-bond acceptors (Lipinski definition) is 4. The van der Waals surface area contributed by atoms with Gasteiger partial charge in [0.2, 0.25) is 0 Å². The maximum absolute atomic E-state index is 13.9. The summed E-state index contributed by atoms with van der Waals surface area (Å²) in [6.45, 7) is 0.837. The fourth-order valence-electron chi connectivity index (χ4n) is 2.00. The van der Waals surface area contributed by atoms with Crippen molar-refractivity contribution in [2.75, 3.05) is 0 Å². The van der Waals surface area contributed by atoms with Crippen molar-refractivity contribution in [2.24, 2.45) is 7.05 Å². The molecule has 0 radical (unpaired) electrons. The van der Waals surface area contributed by atoms with Crippen LogP contribution in [-0.4, -0.2) is 21.0 Å². The molecule has 1 N–H and O–H groups in total. The molecule has 1 aromatic carbocycles. The Morgan fingerprint density at radius 1 is 1.45 bits per heavy atom. The number of para-hydroxylation sites is 1. The molecule has 1 aromatic heterocycles. The van der Waals surface area contributed by atoms with Crippen molar-refractivity contribution < 1.29 is 9.13 Å². The molecule has 0 aliphatic heterocycles. The number of benzene rings is 1. The van der Waals surface area contributed by atoms with Gasteiger partial charge < -0.3 is 10.1 Å². The topological polar surface area (TPSA) is 52.0 Å². The molecule has 2 aromatic rings. The Bertz CT molecular complexity index is 595. The zero-order valence-electron chi connectivity index (χ0n) is 11.3. The van der Waals surface area contributed by atoms with Gasteiger partial charge in [-0.05, 0) is 18.9 Å². The van der Waals surface area contributed by atoms with Gasteiger partial charge in [0, 0.05) is 25.2 Å². The Hall–Kier alpha value is -1.95. The first-order valence-corrected chi connectivity index (χ1v) is 6.71. The molecule has 0 amide bonds. The molecule has 0 spiro atoms. The molecular formula is C14H17FN4O. The molecule has 20 heavy (non-hydrogen) atoms. The average molecular weight is 276 g/mol. The lowest BCUT2D eigenvalue weighted by molar-refractivity contribution is 0.281. The second-order valence-electron chi connectivity index (χ2n) is 5.06. The highest BCUT2D eigenvalue weighted by molar-refractivity contribution is 5.35. The number of nitrogens with zero attached hydrogens (tertiary/aromatic N) is 3. The van der Waals surface area contributed by atoms with Crippen molar-refractivity contribution in [1.29, 1.82) is 0 Å². The molecule has 1 aliphatic carbocycles. The number of ether oxygens (including phenoxy) is 1. The minimum atomic E-state index is -0.344. The summed E-state index contributed by atoms with van der Waals surface area (Å²) in [7, 11) is 1.78. The minimum Gasteiger partial charge on any atom is -0.484 e. The van der Waals surface area contributed by atoms with E-state index in [2.05, 4.69) is 15.6 Å². The monoisotopic (exact) mass is 276 g/mol. The van der Waals surface area contributed by atoms with Crippen molar-refractivity contribution in [1.82, 2.24) is 20.3 Å². The molecule has 1 heterocycles. The zero-order chi connectivity index (χ0) is 13.9. The van der Waals surface area contributed by atoms with E-state index in [9.17, 15) is 4.39 Å². The molecule has 5 nitrogen and oxygen atoms in total. The maximum atomic E-state index is 13.9. The molecular weight excluding hydrogens is 259 g/mol. The molecule has 0 atom stereocenters. The number of aryl methyl sites for hydroxylation is 1. The van der Waals surface area contributed by atoms with Crippen LogP contribution in [0.15, 0.2) is 24.4 Å². The summed E-state index contributed by atoms with van der Waals surface area (Å²) in [6.07, 6.45) is 4.15. The second kappa shape index (κ2) is 5.58. The number of rotatable bonds is 6. The highest BCUT2D eigenvalue weighted by atomic mass is 19.1. The van der Waals surface area contributed by atoms with Crippen molar-refractivity contribution in [3.63, 3.8) is 0 Å². The lowest BCUT2D eigenvalue weighted by Gasteiger charge is -2.12. The normalized spacial score (nSPS) is 14.5. The quantitative estimate of drug-likeness (QED) is 0.874. The zero-order valence-corrected chi connectivity index (χ0v) is 11.3. The van der Waals surface area contributed by atoms with Gasteiger partial charge in [-0.2, -0.15) is 0 Å². The number of hydrogen-bond donors (Lipinski definition) is 1. The van der Waals surface area contributed by atoms with Gasteiger partial charge in [-0.15, -0.1) is 5.10 Å². The molecule has 1 aliphatic rings. The number of aromatic nitrogens is 3. The van der Waals surface area contributed by atoms with Gasteiger partial charge in [-0.25, -0.2) is 4.39 Å². The highest BCUT2D eigenvalue weighted by Crippen LogP contribution is 2.25. The predicted octanol–water partition coefficient (Wildman–Crippen LogP) is 1.79. The second-order valence-corrected chi connectivity index (χ2v) is 5.06. The van der Waals surface area contributed by atoms with E-state index in [4.69, 9.17) is 4.74 Å². The third-order valence-electron chi connectivity index (χ3n) is 3.22. The van der Waals surface area contributed by atoms with Gasteiger partial charge in [0.1, 0.15) is 12.3 Å². The van der Waals surface area contributed by atoms with Crippen LogP contribution < -0.4 is 10.1 Å². The van der Waals surface area contributed by atoms with E-state index in [0.29, 0.717) is 24.0 Å². The smallest absolute Gasteiger partial charge is 0.165 e. The van der Waals surface area contributed by atoms with Gasteiger partial charge >= 0.3 is 0 Å². The summed E-state index contributed by atoms with van der Waals surface area (Å²) in [4.78, 5) is 0. The lowest BCUT2D eigenvalue weighted by atomic mass is 10.2. The molecule has 1 saturated carbocycles. The molecule has 6 heteroatoms. The van der Waals surface area contributed by atoms with E-state index < -0.39 is 0 Å². The summed E-state index contributed by atoms with van der Waals surface area (Å²) in [5, 5.41) is 11.1. The first kappa shape index (κ1) is 13.1. The lowest BCUT2D eigenvalue weighted by Crippen LogP contribution is -2.16. The van der Waals surface area contributed by atoms with Gasteiger partial charge in [-0.3, -0.25) is 4.68 Å². The molecule has 0 saturated heterocycles. The summed E-state index contributed by atoms with van der Waals surface area (Å²) in [5.74, 6) is -0.0460. The minimum absolute atomic E-state index is 0.213. The molecule has 0 bridgehead atoms. The first-order valence-electron chi connectivity index (χ1n) is 6.71. The predicted molar refractivity (Wildman–Crippen MR) is 71.6 cm³/mol. The fourth-order valence-corrected chi connectivity index (χ4v) is 2.00. The van der Waals surface area contributed by atoms with Crippen molar-refractivity contribution in [2.45, 2.75) is 32.0 Å². The Labute approximate surface area is 116 Å². The van der Waals surface area contributed by atoms with Crippen LogP contribution in [0.3, 0.4) is 0 Å². The van der Waals surface area contributed by atoms with Gasteiger partial charge in [0.25, 0.3) is 0 Å². The van der Waals surface area contributed by atoms with E-state index in [-0.39, 0.29) is 12.4 Å². The molecule has 0 unspecified atom stereocenters. The van der Waals surface area contributed by atoms with E-state index >= 15 is 0 Å². The number of halogens is 1. The van der Waals surface area contributed by atoms with Crippen molar-refractivity contribution in [3.05, 3.63) is 41.5 Å². The molecule has 1 fully saturated rings.